The van der Waals surface area contributed by atoms with Gasteiger partial charge in [0.05, 0.1) is 5.75 Å². The summed E-state index contributed by atoms with van der Waals surface area (Å²) >= 11 is 4.82. The van der Waals surface area contributed by atoms with Gasteiger partial charge < -0.3 is 10.2 Å². The molecule has 5 nitrogen and oxygen atoms in total. The summed E-state index contributed by atoms with van der Waals surface area (Å²) in [4.78, 5) is 26.7. The number of fused-ring (bicyclic) bond motifs is 3. The van der Waals surface area contributed by atoms with Crippen molar-refractivity contribution in [3.05, 3.63) is 40.3 Å². The molecule has 0 atom stereocenters. The van der Waals surface area contributed by atoms with Crippen LogP contribution in [0.4, 0.5) is 5.69 Å². The minimum Gasteiger partial charge on any atom is -0.325 e. The van der Waals surface area contributed by atoms with Gasteiger partial charge in [0.25, 0.3) is 0 Å². The van der Waals surface area contributed by atoms with Crippen LogP contribution in [-0.4, -0.2) is 46.4 Å². The van der Waals surface area contributed by atoms with E-state index < -0.39 is 0 Å². The van der Waals surface area contributed by atoms with E-state index >= 15 is 0 Å². The molecule has 8 heteroatoms. The molecule has 28 heavy (non-hydrogen) atoms. The maximum absolute atomic E-state index is 12.5. The summed E-state index contributed by atoms with van der Waals surface area (Å²) in [6, 6.07) is 7.83. The van der Waals surface area contributed by atoms with Gasteiger partial charge in [0.2, 0.25) is 5.91 Å². The zero-order chi connectivity index (χ0) is 19.7. The summed E-state index contributed by atoms with van der Waals surface area (Å²) < 4.78 is 0. The molecule has 1 aliphatic rings. The number of thiophene rings is 1. The highest BCUT2D eigenvalue weighted by Gasteiger charge is 2.23. The number of nitrogens with one attached hydrogen (secondary N) is 1. The van der Waals surface area contributed by atoms with Gasteiger partial charge in [0.1, 0.15) is 9.86 Å². The Morgan fingerprint density at radius 3 is 2.93 bits per heavy atom. The van der Waals surface area contributed by atoms with Crippen LogP contribution in [0.1, 0.15) is 16.0 Å². The number of rotatable bonds is 5. The molecule has 0 bridgehead atoms. The van der Waals surface area contributed by atoms with Crippen LogP contribution in [0, 0.1) is 6.92 Å². The van der Waals surface area contributed by atoms with Gasteiger partial charge in [0.15, 0.2) is 5.16 Å². The summed E-state index contributed by atoms with van der Waals surface area (Å²) in [5, 5.41) is 5.85. The van der Waals surface area contributed by atoms with Crippen LogP contribution < -0.4 is 5.32 Å². The Kier molecular flexibility index (Phi) is 5.91. The molecule has 0 saturated carbocycles. The molecule has 0 spiro atoms. The van der Waals surface area contributed by atoms with Crippen molar-refractivity contribution in [2.24, 2.45) is 0 Å². The van der Waals surface area contributed by atoms with Crippen molar-refractivity contribution in [2.45, 2.75) is 30.1 Å². The van der Waals surface area contributed by atoms with Crippen LogP contribution in [0.25, 0.3) is 10.2 Å². The molecule has 146 valence electrons. The normalized spacial score (nSPS) is 14.2. The first-order valence-corrected chi connectivity index (χ1v) is 12.1. The number of hydrogen-bond acceptors (Lipinski definition) is 7. The third-order valence-electron chi connectivity index (χ3n) is 4.78. The Labute approximate surface area is 177 Å². The number of anilines is 1. The summed E-state index contributed by atoms with van der Waals surface area (Å²) in [6.45, 7) is 4.00. The Bertz CT molecular complexity index is 1030. The van der Waals surface area contributed by atoms with E-state index in [-0.39, 0.29) is 5.91 Å². The number of amides is 1. The van der Waals surface area contributed by atoms with Crippen molar-refractivity contribution in [1.82, 2.24) is 14.9 Å². The van der Waals surface area contributed by atoms with Gasteiger partial charge in [-0.3, -0.25) is 4.79 Å². The summed E-state index contributed by atoms with van der Waals surface area (Å²) in [7, 11) is 2.15. The molecule has 0 unspecified atom stereocenters. The molecule has 3 heterocycles. The zero-order valence-electron chi connectivity index (χ0n) is 16.1. The molecule has 1 amide bonds. The number of hydrogen-bond donors (Lipinski definition) is 1. The lowest BCUT2D eigenvalue weighted by Crippen LogP contribution is -2.25. The first kappa shape index (κ1) is 19.7. The SMILES string of the molecule is CSc1nc(SCC(=O)Nc2ccccc2C)c2c3c(sc2n1)CN(C)CC3. The molecule has 0 aliphatic carbocycles. The Morgan fingerprint density at radius 1 is 1.32 bits per heavy atom. The summed E-state index contributed by atoms with van der Waals surface area (Å²) in [5.41, 5.74) is 3.29. The van der Waals surface area contributed by atoms with E-state index in [1.54, 1.807) is 23.1 Å². The maximum atomic E-state index is 12.5. The molecule has 3 aromatic rings. The third-order valence-corrected chi connectivity index (χ3v) is 7.41. The number of benzene rings is 1. The number of para-hydroxylation sites is 1. The van der Waals surface area contributed by atoms with E-state index in [0.717, 1.165) is 51.2 Å². The largest absolute Gasteiger partial charge is 0.325 e. The minimum absolute atomic E-state index is 0.0133. The fourth-order valence-electron chi connectivity index (χ4n) is 3.30. The Balaban J connectivity index is 1.59. The van der Waals surface area contributed by atoms with Gasteiger partial charge in [-0.15, -0.1) is 11.3 Å². The number of carbonyl (C=O) groups excluding carboxylic acids is 1. The van der Waals surface area contributed by atoms with Gasteiger partial charge in [-0.25, -0.2) is 9.97 Å². The first-order chi connectivity index (χ1) is 13.5. The number of aryl methyl sites for hydroxylation is 1. The zero-order valence-corrected chi connectivity index (χ0v) is 18.6. The lowest BCUT2D eigenvalue weighted by Gasteiger charge is -2.22. The van der Waals surface area contributed by atoms with E-state index in [2.05, 4.69) is 17.3 Å². The Hall–Kier alpha value is -1.61. The van der Waals surface area contributed by atoms with Crippen molar-refractivity contribution in [3.63, 3.8) is 0 Å². The quantitative estimate of drug-likeness (QED) is 0.367. The maximum Gasteiger partial charge on any atom is 0.234 e. The molecular weight excluding hydrogens is 408 g/mol. The Morgan fingerprint density at radius 2 is 2.14 bits per heavy atom. The van der Waals surface area contributed by atoms with Gasteiger partial charge in [-0.05, 0) is 43.8 Å². The number of nitrogens with zero attached hydrogens (tertiary/aromatic N) is 3. The molecule has 1 aliphatic heterocycles. The van der Waals surface area contributed by atoms with Gasteiger partial charge >= 0.3 is 0 Å². The standard InChI is InChI=1S/C20H22N4OS3/c1-12-6-4-5-7-14(12)21-16(25)11-27-18-17-13-8-9-24(2)10-15(13)28-19(17)23-20(22-18)26-3/h4-7H,8-11H2,1-3H3,(H,21,25). The highest BCUT2D eigenvalue weighted by Crippen LogP contribution is 2.39. The van der Waals surface area contributed by atoms with Crippen molar-refractivity contribution in [2.75, 3.05) is 30.9 Å². The summed E-state index contributed by atoms with van der Waals surface area (Å²) in [6.07, 6.45) is 3.00. The van der Waals surface area contributed by atoms with Gasteiger partial charge in [-0.1, -0.05) is 41.7 Å². The molecular formula is C20H22N4OS3. The minimum atomic E-state index is -0.0133. The average molecular weight is 431 g/mol. The lowest BCUT2D eigenvalue weighted by molar-refractivity contribution is -0.113. The van der Waals surface area contributed by atoms with Crippen molar-refractivity contribution < 1.29 is 4.79 Å². The van der Waals surface area contributed by atoms with Crippen LogP contribution in [0.3, 0.4) is 0 Å². The van der Waals surface area contributed by atoms with Crippen molar-refractivity contribution in [3.8, 4) is 0 Å². The van der Waals surface area contributed by atoms with E-state index in [9.17, 15) is 4.79 Å². The highest BCUT2D eigenvalue weighted by atomic mass is 32.2. The van der Waals surface area contributed by atoms with Crippen LogP contribution in [-0.2, 0) is 17.8 Å². The molecule has 0 fully saturated rings. The van der Waals surface area contributed by atoms with E-state index in [1.807, 2.05) is 37.4 Å². The van der Waals surface area contributed by atoms with Gasteiger partial charge in [-0.2, -0.15) is 0 Å². The number of carbonyl (C=O) groups is 1. The van der Waals surface area contributed by atoms with E-state index in [1.165, 1.54) is 22.2 Å². The first-order valence-electron chi connectivity index (χ1n) is 9.08. The predicted octanol–water partition coefficient (Wildman–Crippen LogP) is 4.44. The van der Waals surface area contributed by atoms with Gasteiger partial charge in [0, 0.05) is 29.0 Å². The fraction of sp³-hybridized carbons (Fsp3) is 0.350. The van der Waals surface area contributed by atoms with Crippen molar-refractivity contribution in [1.29, 1.82) is 0 Å². The lowest BCUT2D eigenvalue weighted by atomic mass is 10.1. The average Bonchev–Trinajstić information content (AvgIpc) is 3.05. The molecule has 0 saturated heterocycles. The number of likely N-dealkylation sites (N-methyl/N-ethyl adjacent to an activating group) is 1. The van der Waals surface area contributed by atoms with E-state index in [0.29, 0.717) is 5.75 Å². The molecule has 0 radical (unpaired) electrons. The highest BCUT2D eigenvalue weighted by molar-refractivity contribution is 8.00. The second-order valence-electron chi connectivity index (χ2n) is 6.84. The number of thioether (sulfide) groups is 2. The van der Waals surface area contributed by atoms with Crippen LogP contribution >= 0.6 is 34.9 Å². The van der Waals surface area contributed by atoms with Crippen LogP contribution in [0.2, 0.25) is 0 Å². The summed E-state index contributed by atoms with van der Waals surface area (Å²) in [5.74, 6) is 0.319. The second kappa shape index (κ2) is 8.41. The molecule has 1 N–H and O–H groups in total. The molecule has 2 aromatic heterocycles. The fourth-order valence-corrected chi connectivity index (χ4v) is 6.00. The van der Waals surface area contributed by atoms with Crippen LogP contribution in [0.15, 0.2) is 34.4 Å². The second-order valence-corrected chi connectivity index (χ2v) is 9.66. The number of aromatic nitrogens is 2. The predicted molar refractivity (Wildman–Crippen MR) is 120 cm³/mol. The molecule has 1 aromatic carbocycles. The third kappa shape index (κ3) is 4.05. The molecule has 4 rings (SSSR count). The smallest absolute Gasteiger partial charge is 0.234 e. The van der Waals surface area contributed by atoms with Crippen molar-refractivity contribution >= 4 is 56.7 Å². The van der Waals surface area contributed by atoms with Crippen LogP contribution in [0.5, 0.6) is 0 Å². The van der Waals surface area contributed by atoms with E-state index in [4.69, 9.17) is 9.97 Å². The monoisotopic (exact) mass is 430 g/mol. The topological polar surface area (TPSA) is 58.1 Å².